The number of hydrogen-bond donors (Lipinski definition) is 1. The van der Waals surface area contributed by atoms with Gasteiger partial charge < -0.3 is 5.32 Å². The minimum Gasteiger partial charge on any atom is -0.306 e. The predicted molar refractivity (Wildman–Crippen MR) is 82.0 cm³/mol. The minimum atomic E-state index is -0.412. The number of halogens is 2. The summed E-state index contributed by atoms with van der Waals surface area (Å²) in [5, 5.41) is 3.23. The second kappa shape index (κ2) is 7.32. The van der Waals surface area contributed by atoms with Crippen LogP contribution in [-0.2, 0) is 13.0 Å². The molecular weight excluding hydrogens is 268 g/mol. The molecule has 0 saturated heterocycles. The van der Waals surface area contributed by atoms with E-state index in [0.29, 0.717) is 12.1 Å². The third-order valence-corrected chi connectivity index (χ3v) is 3.62. The largest absolute Gasteiger partial charge is 0.306 e. The van der Waals surface area contributed by atoms with Crippen molar-refractivity contribution in [1.82, 2.24) is 5.32 Å². The summed E-state index contributed by atoms with van der Waals surface area (Å²) in [5.74, 6) is -0.792. The lowest BCUT2D eigenvalue weighted by atomic mass is 10.0. The molecule has 2 aromatic rings. The number of hydrogen-bond acceptors (Lipinski definition) is 1. The normalized spacial score (nSPS) is 12.4. The smallest absolute Gasteiger partial charge is 0.127 e. The summed E-state index contributed by atoms with van der Waals surface area (Å²) in [4.78, 5) is 0. The van der Waals surface area contributed by atoms with Gasteiger partial charge in [-0.2, -0.15) is 0 Å². The van der Waals surface area contributed by atoms with E-state index in [1.54, 1.807) is 0 Å². The van der Waals surface area contributed by atoms with E-state index in [1.807, 2.05) is 6.92 Å². The highest BCUT2D eigenvalue weighted by atomic mass is 19.1. The van der Waals surface area contributed by atoms with Gasteiger partial charge in [-0.3, -0.25) is 0 Å². The van der Waals surface area contributed by atoms with Gasteiger partial charge in [0.2, 0.25) is 0 Å². The van der Waals surface area contributed by atoms with Gasteiger partial charge in [-0.15, -0.1) is 0 Å². The van der Waals surface area contributed by atoms with E-state index in [2.05, 4.69) is 36.5 Å². The first-order valence-electron chi connectivity index (χ1n) is 7.36. The molecule has 0 spiro atoms. The van der Waals surface area contributed by atoms with Gasteiger partial charge >= 0.3 is 0 Å². The Kier molecular flexibility index (Phi) is 5.45. The molecule has 21 heavy (non-hydrogen) atoms. The predicted octanol–water partition coefficient (Wildman–Crippen LogP) is 4.77. The van der Waals surface area contributed by atoms with Crippen molar-refractivity contribution in [1.29, 1.82) is 0 Å². The fourth-order valence-corrected chi connectivity index (χ4v) is 2.32. The SMILES string of the molecule is CCCc1ccc(C(C)NCc2cc(F)ccc2F)cc1. The molecular formula is C18H21F2N. The van der Waals surface area contributed by atoms with E-state index in [1.165, 1.54) is 11.6 Å². The molecule has 0 aromatic heterocycles. The van der Waals surface area contributed by atoms with E-state index in [4.69, 9.17) is 0 Å². The molecule has 0 aliphatic rings. The van der Waals surface area contributed by atoms with E-state index in [9.17, 15) is 8.78 Å². The number of aryl methyl sites for hydroxylation is 1. The molecule has 0 bridgehead atoms. The van der Waals surface area contributed by atoms with Crippen molar-refractivity contribution in [2.24, 2.45) is 0 Å². The fraction of sp³-hybridized carbons (Fsp3) is 0.333. The third-order valence-electron chi connectivity index (χ3n) is 3.62. The van der Waals surface area contributed by atoms with E-state index in [0.717, 1.165) is 30.5 Å². The van der Waals surface area contributed by atoms with Crippen LogP contribution in [0.1, 0.15) is 43.0 Å². The second-order valence-corrected chi connectivity index (χ2v) is 5.33. The van der Waals surface area contributed by atoms with Crippen LogP contribution in [0.15, 0.2) is 42.5 Å². The molecule has 2 aromatic carbocycles. The summed E-state index contributed by atoms with van der Waals surface area (Å²) >= 11 is 0. The lowest BCUT2D eigenvalue weighted by molar-refractivity contribution is 0.535. The summed E-state index contributed by atoms with van der Waals surface area (Å²) < 4.78 is 26.7. The van der Waals surface area contributed by atoms with Crippen LogP contribution in [0.2, 0.25) is 0 Å². The Morgan fingerprint density at radius 3 is 2.43 bits per heavy atom. The average molecular weight is 289 g/mol. The number of benzene rings is 2. The summed E-state index contributed by atoms with van der Waals surface area (Å²) in [6.45, 7) is 4.49. The maximum absolute atomic E-state index is 13.6. The maximum Gasteiger partial charge on any atom is 0.127 e. The van der Waals surface area contributed by atoms with Gasteiger partial charge in [0.25, 0.3) is 0 Å². The minimum absolute atomic E-state index is 0.0864. The standard InChI is InChI=1S/C18H21F2N/c1-3-4-14-5-7-15(8-6-14)13(2)21-12-16-11-17(19)9-10-18(16)20/h5-11,13,21H,3-4,12H2,1-2H3. The summed E-state index contributed by atoms with van der Waals surface area (Å²) in [7, 11) is 0. The molecule has 0 radical (unpaired) electrons. The molecule has 0 heterocycles. The number of nitrogens with one attached hydrogen (secondary N) is 1. The lowest BCUT2D eigenvalue weighted by Gasteiger charge is -2.15. The fourth-order valence-electron chi connectivity index (χ4n) is 2.32. The first-order chi connectivity index (χ1) is 10.1. The maximum atomic E-state index is 13.6. The Morgan fingerprint density at radius 1 is 1.05 bits per heavy atom. The van der Waals surface area contributed by atoms with Gasteiger partial charge in [-0.05, 0) is 42.7 Å². The van der Waals surface area contributed by atoms with Crippen molar-refractivity contribution < 1.29 is 8.78 Å². The topological polar surface area (TPSA) is 12.0 Å². The number of rotatable bonds is 6. The second-order valence-electron chi connectivity index (χ2n) is 5.33. The van der Waals surface area contributed by atoms with Crippen molar-refractivity contribution in [3.63, 3.8) is 0 Å². The van der Waals surface area contributed by atoms with Gasteiger partial charge in [-0.25, -0.2) is 8.78 Å². The lowest BCUT2D eigenvalue weighted by Crippen LogP contribution is -2.19. The third kappa shape index (κ3) is 4.36. The summed E-state index contributed by atoms with van der Waals surface area (Å²) in [5.41, 5.74) is 2.82. The summed E-state index contributed by atoms with van der Waals surface area (Å²) in [6.07, 6.45) is 2.21. The highest BCUT2D eigenvalue weighted by molar-refractivity contribution is 5.25. The van der Waals surface area contributed by atoms with Crippen molar-refractivity contribution in [3.8, 4) is 0 Å². The van der Waals surface area contributed by atoms with Gasteiger partial charge in [-0.1, -0.05) is 37.6 Å². The van der Waals surface area contributed by atoms with E-state index in [-0.39, 0.29) is 11.9 Å². The highest BCUT2D eigenvalue weighted by Crippen LogP contribution is 2.16. The first kappa shape index (κ1) is 15.6. The van der Waals surface area contributed by atoms with Crippen LogP contribution >= 0.6 is 0 Å². The summed E-state index contributed by atoms with van der Waals surface area (Å²) in [6, 6.07) is 12.0. The quantitative estimate of drug-likeness (QED) is 0.808. The van der Waals surface area contributed by atoms with Gasteiger partial charge in [0.15, 0.2) is 0 Å². The highest BCUT2D eigenvalue weighted by Gasteiger charge is 2.08. The Balaban J connectivity index is 1.97. The molecule has 0 saturated carbocycles. The zero-order chi connectivity index (χ0) is 15.2. The Bertz CT molecular complexity index is 578. The average Bonchev–Trinajstić information content (AvgIpc) is 2.49. The van der Waals surface area contributed by atoms with Crippen molar-refractivity contribution in [2.45, 2.75) is 39.3 Å². The van der Waals surface area contributed by atoms with Crippen LogP contribution in [0, 0.1) is 11.6 Å². The van der Waals surface area contributed by atoms with Crippen molar-refractivity contribution in [2.75, 3.05) is 0 Å². The van der Waals surface area contributed by atoms with Crippen molar-refractivity contribution in [3.05, 3.63) is 70.8 Å². The van der Waals surface area contributed by atoms with Gasteiger partial charge in [0.1, 0.15) is 11.6 Å². The van der Waals surface area contributed by atoms with E-state index < -0.39 is 5.82 Å². The van der Waals surface area contributed by atoms with Gasteiger partial charge in [0, 0.05) is 18.2 Å². The van der Waals surface area contributed by atoms with Crippen LogP contribution in [-0.4, -0.2) is 0 Å². The molecule has 1 atom stereocenters. The van der Waals surface area contributed by atoms with Crippen molar-refractivity contribution >= 4 is 0 Å². The molecule has 2 rings (SSSR count). The molecule has 1 N–H and O–H groups in total. The van der Waals surface area contributed by atoms with Gasteiger partial charge in [0.05, 0.1) is 0 Å². The molecule has 0 aliphatic carbocycles. The first-order valence-corrected chi connectivity index (χ1v) is 7.36. The molecule has 3 heteroatoms. The Hall–Kier alpha value is -1.74. The van der Waals surface area contributed by atoms with Crippen LogP contribution in [0.4, 0.5) is 8.78 Å². The Morgan fingerprint density at radius 2 is 1.76 bits per heavy atom. The van der Waals surface area contributed by atoms with Crippen LogP contribution in [0.25, 0.3) is 0 Å². The van der Waals surface area contributed by atoms with Crippen LogP contribution in [0.3, 0.4) is 0 Å². The molecule has 0 fully saturated rings. The molecule has 1 nitrogen and oxygen atoms in total. The molecule has 1 unspecified atom stereocenters. The van der Waals surface area contributed by atoms with E-state index >= 15 is 0 Å². The van der Waals surface area contributed by atoms with Crippen LogP contribution < -0.4 is 5.32 Å². The van der Waals surface area contributed by atoms with Crippen LogP contribution in [0.5, 0.6) is 0 Å². The molecule has 0 amide bonds. The zero-order valence-corrected chi connectivity index (χ0v) is 12.5. The Labute approximate surface area is 125 Å². The molecule has 112 valence electrons. The zero-order valence-electron chi connectivity index (χ0n) is 12.5. The molecule has 0 aliphatic heterocycles. The monoisotopic (exact) mass is 289 g/mol.